The highest BCUT2D eigenvalue weighted by Gasteiger charge is 2.31. The van der Waals surface area contributed by atoms with Crippen LogP contribution in [0.25, 0.3) is 0 Å². The molecule has 1 amide bonds. The maximum atomic E-state index is 15.0. The lowest BCUT2D eigenvalue weighted by molar-refractivity contribution is 0.0955. The summed E-state index contributed by atoms with van der Waals surface area (Å²) in [5, 5.41) is 11.3. The highest BCUT2D eigenvalue weighted by Crippen LogP contribution is 2.40. The van der Waals surface area contributed by atoms with Crippen LogP contribution in [0.4, 0.5) is 15.8 Å². The van der Waals surface area contributed by atoms with Crippen molar-refractivity contribution in [1.29, 1.82) is 5.41 Å². The molecule has 3 rings (SSSR count). The number of nitrogens with one attached hydrogen (secondary N) is 2. The summed E-state index contributed by atoms with van der Waals surface area (Å²) < 4.78 is 20.5. The Balaban J connectivity index is 1.96. The minimum atomic E-state index is -1.72. The van der Waals surface area contributed by atoms with E-state index in [1.54, 1.807) is 43.1 Å². The highest BCUT2D eigenvalue weighted by atomic mass is 19.1. The van der Waals surface area contributed by atoms with Crippen molar-refractivity contribution in [2.24, 2.45) is 0 Å². The molecule has 2 N–H and O–H groups in total. The second-order valence-electron chi connectivity index (χ2n) is 9.57. The van der Waals surface area contributed by atoms with Gasteiger partial charge in [-0.05, 0) is 43.7 Å². The molecule has 0 saturated carbocycles. The van der Waals surface area contributed by atoms with Gasteiger partial charge in [-0.2, -0.15) is 0 Å². The summed E-state index contributed by atoms with van der Waals surface area (Å²) in [5.41, 5.74) is 2.22. The molecule has 35 heavy (non-hydrogen) atoms. The van der Waals surface area contributed by atoms with E-state index in [0.29, 0.717) is 40.2 Å². The van der Waals surface area contributed by atoms with Gasteiger partial charge in [-0.15, -0.1) is 0 Å². The molecule has 2 aromatic carbocycles. The van der Waals surface area contributed by atoms with Crippen LogP contribution < -0.4 is 19.9 Å². The zero-order valence-electron chi connectivity index (χ0n) is 21.7. The number of alkyl halides is 1. The number of ketones is 1. The second kappa shape index (κ2) is 9.56. The third-order valence-corrected chi connectivity index (χ3v) is 6.16. The third-order valence-electron chi connectivity index (χ3n) is 6.16. The largest absolute Gasteiger partial charge is 0.494 e. The molecule has 0 unspecified atom stereocenters. The van der Waals surface area contributed by atoms with Gasteiger partial charge in [0.15, 0.2) is 5.78 Å². The van der Waals surface area contributed by atoms with E-state index in [-0.39, 0.29) is 24.1 Å². The average Bonchev–Trinajstić information content (AvgIpc) is 3.10. The number of Topliss-reactive ketones (excluding diaryl/α,β-unsaturated/α-hetero) is 1. The average molecular weight is 484 g/mol. The van der Waals surface area contributed by atoms with Gasteiger partial charge in [0.2, 0.25) is 0 Å². The first-order valence-corrected chi connectivity index (χ1v) is 11.3. The fraction of sp³-hybridized carbons (Fsp3) is 0.423. The Morgan fingerprint density at radius 3 is 2.26 bits per heavy atom. The van der Waals surface area contributed by atoms with Gasteiger partial charge in [-0.1, -0.05) is 0 Å². The molecule has 0 fully saturated rings. The number of fused-ring (bicyclic) bond motifs is 1. The lowest BCUT2D eigenvalue weighted by Crippen LogP contribution is -2.30. The summed E-state index contributed by atoms with van der Waals surface area (Å²) in [4.78, 5) is 31.1. The van der Waals surface area contributed by atoms with E-state index in [1.807, 2.05) is 25.1 Å². The van der Waals surface area contributed by atoms with Gasteiger partial charge >= 0.3 is 0 Å². The Labute approximate surface area is 206 Å². The van der Waals surface area contributed by atoms with E-state index >= 15 is 4.39 Å². The number of hydrogen-bond acceptors (Lipinski definition) is 6. The molecule has 0 aromatic heterocycles. The summed E-state index contributed by atoms with van der Waals surface area (Å²) in [7, 11) is 10.4. The van der Waals surface area contributed by atoms with Gasteiger partial charge in [0, 0.05) is 64.2 Å². The van der Waals surface area contributed by atoms with E-state index in [9.17, 15) is 9.59 Å². The van der Waals surface area contributed by atoms with E-state index in [2.05, 4.69) is 5.32 Å². The van der Waals surface area contributed by atoms with Gasteiger partial charge in [-0.25, -0.2) is 4.39 Å². The highest BCUT2D eigenvalue weighted by molar-refractivity contribution is 6.08. The Morgan fingerprint density at radius 1 is 1.11 bits per heavy atom. The molecule has 0 spiro atoms. The van der Waals surface area contributed by atoms with Crippen LogP contribution in [-0.4, -0.2) is 71.3 Å². The van der Waals surface area contributed by atoms with E-state index in [4.69, 9.17) is 10.1 Å². The molecule has 0 aliphatic carbocycles. The van der Waals surface area contributed by atoms with Crippen molar-refractivity contribution in [3.05, 3.63) is 52.1 Å². The van der Waals surface area contributed by atoms with Gasteiger partial charge < -0.3 is 24.8 Å². The molecule has 1 heterocycles. The first kappa shape index (κ1) is 26.0. The van der Waals surface area contributed by atoms with E-state index in [1.165, 1.54) is 27.0 Å². The van der Waals surface area contributed by atoms with Gasteiger partial charge in [0.25, 0.3) is 5.91 Å². The number of amidine groups is 1. The molecule has 9 heteroatoms. The normalized spacial score (nSPS) is 12.9. The van der Waals surface area contributed by atoms with Crippen LogP contribution >= 0.6 is 0 Å². The van der Waals surface area contributed by atoms with Crippen LogP contribution in [0.1, 0.15) is 51.3 Å². The van der Waals surface area contributed by atoms with Crippen LogP contribution in [-0.2, 0) is 12.2 Å². The standard InChI is InChI=1S/C26H34FN5O3/c1-26(2,27)19-9-15(10-21(31(6)7)23(19)35-8)22(33)14-32-13-16-11-20(30(4)5)18(25(34)29-3)12-17(16)24(32)28/h9-12,28H,13-14H2,1-8H3,(H,29,34). The fourth-order valence-electron chi connectivity index (χ4n) is 4.29. The van der Waals surface area contributed by atoms with Crippen molar-refractivity contribution in [3.8, 4) is 5.75 Å². The predicted molar refractivity (Wildman–Crippen MR) is 137 cm³/mol. The van der Waals surface area contributed by atoms with Crippen LogP contribution in [0, 0.1) is 5.41 Å². The molecular weight excluding hydrogens is 449 g/mol. The summed E-state index contributed by atoms with van der Waals surface area (Å²) in [5.74, 6) is 0.0855. The molecule has 0 saturated heterocycles. The SMILES string of the molecule is CNC(=O)c1cc2c(cc1N(C)C)CN(CC(=O)c1cc(N(C)C)c(OC)c(C(C)(C)F)c1)C2=N. The summed E-state index contributed by atoms with van der Waals surface area (Å²) >= 11 is 0. The van der Waals surface area contributed by atoms with Gasteiger partial charge in [-0.3, -0.25) is 15.0 Å². The number of anilines is 2. The van der Waals surface area contributed by atoms with E-state index < -0.39 is 5.67 Å². The molecular formula is C26H34FN5O3. The second-order valence-corrected chi connectivity index (χ2v) is 9.57. The Kier molecular flexibility index (Phi) is 7.10. The predicted octanol–water partition coefficient (Wildman–Crippen LogP) is 3.42. The molecule has 2 aromatic rings. The number of ether oxygens (including phenoxy) is 1. The first-order chi connectivity index (χ1) is 16.3. The van der Waals surface area contributed by atoms with E-state index in [0.717, 1.165) is 11.3 Å². The lowest BCUT2D eigenvalue weighted by atomic mass is 9.94. The fourth-order valence-corrected chi connectivity index (χ4v) is 4.29. The minimum absolute atomic E-state index is 0.0501. The van der Waals surface area contributed by atoms with Crippen LogP contribution in [0.15, 0.2) is 24.3 Å². The Bertz CT molecular complexity index is 1180. The lowest BCUT2D eigenvalue weighted by Gasteiger charge is -2.25. The number of nitrogens with zero attached hydrogens (tertiary/aromatic N) is 3. The van der Waals surface area contributed by atoms with Crippen molar-refractivity contribution in [2.45, 2.75) is 26.1 Å². The van der Waals surface area contributed by atoms with Gasteiger partial charge in [0.1, 0.15) is 17.3 Å². The number of rotatable bonds is 8. The zero-order chi connectivity index (χ0) is 26.2. The number of amides is 1. The van der Waals surface area contributed by atoms with Crippen molar-refractivity contribution >= 4 is 28.9 Å². The molecule has 8 nitrogen and oxygen atoms in total. The summed E-state index contributed by atoms with van der Waals surface area (Å²) in [6.45, 7) is 3.17. The van der Waals surface area contributed by atoms with Crippen LogP contribution in [0.5, 0.6) is 5.75 Å². The number of hydrogen-bond donors (Lipinski definition) is 2. The van der Waals surface area contributed by atoms with Crippen molar-refractivity contribution < 1.29 is 18.7 Å². The molecule has 188 valence electrons. The van der Waals surface area contributed by atoms with Crippen LogP contribution in [0.2, 0.25) is 0 Å². The van der Waals surface area contributed by atoms with Crippen LogP contribution in [0.3, 0.4) is 0 Å². The molecule has 1 aliphatic heterocycles. The monoisotopic (exact) mass is 483 g/mol. The smallest absolute Gasteiger partial charge is 0.253 e. The Morgan fingerprint density at radius 2 is 1.74 bits per heavy atom. The summed E-state index contributed by atoms with van der Waals surface area (Å²) in [6, 6.07) is 6.82. The topological polar surface area (TPSA) is 89.0 Å². The molecule has 0 atom stereocenters. The molecule has 1 aliphatic rings. The number of halogens is 1. The number of carbonyl (C=O) groups is 2. The Hall–Kier alpha value is -3.62. The number of methoxy groups -OCH3 is 1. The zero-order valence-corrected chi connectivity index (χ0v) is 21.7. The number of carbonyl (C=O) groups excluding carboxylic acids is 2. The number of benzene rings is 2. The third kappa shape index (κ3) is 4.94. The maximum absolute atomic E-state index is 15.0. The summed E-state index contributed by atoms with van der Waals surface area (Å²) in [6.07, 6.45) is 0. The minimum Gasteiger partial charge on any atom is -0.494 e. The maximum Gasteiger partial charge on any atom is 0.253 e. The van der Waals surface area contributed by atoms with Crippen molar-refractivity contribution in [3.63, 3.8) is 0 Å². The molecule has 0 radical (unpaired) electrons. The van der Waals surface area contributed by atoms with Crippen molar-refractivity contribution in [2.75, 3.05) is 58.7 Å². The van der Waals surface area contributed by atoms with Crippen molar-refractivity contribution in [1.82, 2.24) is 10.2 Å². The quantitative estimate of drug-likeness (QED) is 0.560. The molecule has 0 bridgehead atoms. The van der Waals surface area contributed by atoms with Gasteiger partial charge in [0.05, 0.1) is 24.9 Å². The first-order valence-electron chi connectivity index (χ1n) is 11.3.